The van der Waals surface area contributed by atoms with Crippen LogP contribution in [0.4, 0.5) is 0 Å². The highest BCUT2D eigenvalue weighted by molar-refractivity contribution is 6.05. The zero-order valence-electron chi connectivity index (χ0n) is 13.6. The third kappa shape index (κ3) is 2.83. The minimum absolute atomic E-state index is 0.106. The molecule has 0 fully saturated rings. The highest BCUT2D eigenvalue weighted by atomic mass is 16.3. The Labute approximate surface area is 136 Å². The van der Waals surface area contributed by atoms with E-state index >= 15 is 0 Å². The van der Waals surface area contributed by atoms with Crippen molar-refractivity contribution >= 4 is 21.5 Å². The van der Waals surface area contributed by atoms with Crippen molar-refractivity contribution in [3.05, 3.63) is 59.7 Å². The van der Waals surface area contributed by atoms with E-state index in [4.69, 9.17) is 0 Å². The highest BCUT2D eigenvalue weighted by Gasteiger charge is 2.22. The first-order valence-electron chi connectivity index (χ1n) is 7.95. The maximum absolute atomic E-state index is 9.51. The van der Waals surface area contributed by atoms with Gasteiger partial charge in [-0.3, -0.25) is 0 Å². The minimum atomic E-state index is -0.687. The molecule has 0 atom stereocenters. The molecule has 0 bridgehead atoms. The van der Waals surface area contributed by atoms with Crippen molar-refractivity contribution in [3.63, 3.8) is 0 Å². The SMILES string of the molecule is Cc1c2ccccc2c(CNC(C)(CO)CO)c2ccccc12. The smallest absolute Gasteiger partial charge is 0.0633 e. The summed E-state index contributed by atoms with van der Waals surface area (Å²) < 4.78 is 0. The van der Waals surface area contributed by atoms with E-state index in [1.54, 1.807) is 0 Å². The van der Waals surface area contributed by atoms with Gasteiger partial charge in [-0.15, -0.1) is 0 Å². The van der Waals surface area contributed by atoms with Crippen molar-refractivity contribution in [2.75, 3.05) is 13.2 Å². The number of aliphatic hydroxyl groups excluding tert-OH is 2. The fourth-order valence-electron chi connectivity index (χ4n) is 3.09. The standard InChI is InChI=1S/C20H23NO2/c1-14-15-7-3-5-9-17(15)19(11-21-20(2,12-22)13-23)18-10-6-4-8-16(14)18/h3-10,21-23H,11-13H2,1-2H3. The summed E-state index contributed by atoms with van der Waals surface area (Å²) in [4.78, 5) is 0. The first-order chi connectivity index (χ1) is 11.1. The van der Waals surface area contributed by atoms with Crippen LogP contribution in [0.1, 0.15) is 18.1 Å². The second kappa shape index (κ2) is 6.28. The number of benzene rings is 3. The molecule has 120 valence electrons. The molecular formula is C20H23NO2. The van der Waals surface area contributed by atoms with Crippen LogP contribution >= 0.6 is 0 Å². The van der Waals surface area contributed by atoms with E-state index < -0.39 is 5.54 Å². The molecule has 0 saturated heterocycles. The quantitative estimate of drug-likeness (QED) is 0.635. The third-order valence-electron chi connectivity index (χ3n) is 4.70. The van der Waals surface area contributed by atoms with Gasteiger partial charge in [0.25, 0.3) is 0 Å². The first-order valence-corrected chi connectivity index (χ1v) is 7.95. The molecule has 23 heavy (non-hydrogen) atoms. The molecule has 0 aliphatic carbocycles. The van der Waals surface area contributed by atoms with Gasteiger partial charge in [0.15, 0.2) is 0 Å². The molecule has 3 aromatic rings. The Kier molecular flexibility index (Phi) is 4.35. The third-order valence-corrected chi connectivity index (χ3v) is 4.70. The van der Waals surface area contributed by atoms with Crippen LogP contribution in [-0.4, -0.2) is 29.0 Å². The van der Waals surface area contributed by atoms with Gasteiger partial charge in [0.05, 0.1) is 18.8 Å². The zero-order valence-corrected chi connectivity index (χ0v) is 13.6. The van der Waals surface area contributed by atoms with Crippen molar-refractivity contribution in [2.24, 2.45) is 0 Å². The Bertz CT molecular complexity index is 781. The summed E-state index contributed by atoms with van der Waals surface area (Å²) in [6.45, 7) is 4.37. The number of hydrogen-bond acceptors (Lipinski definition) is 3. The summed E-state index contributed by atoms with van der Waals surface area (Å²) in [5, 5.41) is 27.3. The van der Waals surface area contributed by atoms with Crippen LogP contribution in [0.25, 0.3) is 21.5 Å². The number of hydrogen-bond donors (Lipinski definition) is 3. The molecule has 3 nitrogen and oxygen atoms in total. The summed E-state index contributed by atoms with van der Waals surface area (Å²) in [6.07, 6.45) is 0. The molecule has 0 amide bonds. The van der Waals surface area contributed by atoms with Gasteiger partial charge >= 0.3 is 0 Å². The van der Waals surface area contributed by atoms with Crippen molar-refractivity contribution in [1.29, 1.82) is 0 Å². The average Bonchev–Trinajstić information content (AvgIpc) is 2.61. The Balaban J connectivity index is 2.19. The molecule has 0 saturated carbocycles. The van der Waals surface area contributed by atoms with Gasteiger partial charge in [-0.25, -0.2) is 0 Å². The van der Waals surface area contributed by atoms with Crippen LogP contribution in [-0.2, 0) is 6.54 Å². The van der Waals surface area contributed by atoms with Crippen molar-refractivity contribution < 1.29 is 10.2 Å². The summed E-state index contributed by atoms with van der Waals surface area (Å²) in [5.41, 5.74) is 1.80. The number of fused-ring (bicyclic) bond motifs is 2. The Morgan fingerprint density at radius 3 is 1.70 bits per heavy atom. The fraction of sp³-hybridized carbons (Fsp3) is 0.300. The van der Waals surface area contributed by atoms with E-state index in [9.17, 15) is 10.2 Å². The normalized spacial score (nSPS) is 12.2. The lowest BCUT2D eigenvalue weighted by Crippen LogP contribution is -2.48. The van der Waals surface area contributed by atoms with Crippen LogP contribution in [0.15, 0.2) is 48.5 Å². The molecule has 3 aromatic carbocycles. The number of aryl methyl sites for hydroxylation is 1. The van der Waals surface area contributed by atoms with Crippen molar-refractivity contribution in [3.8, 4) is 0 Å². The summed E-state index contributed by atoms with van der Waals surface area (Å²) in [7, 11) is 0. The van der Waals surface area contributed by atoms with Gasteiger partial charge < -0.3 is 15.5 Å². The molecule has 3 rings (SSSR count). The molecule has 0 unspecified atom stereocenters. The molecule has 0 heterocycles. The summed E-state index contributed by atoms with van der Waals surface area (Å²) in [6, 6.07) is 16.8. The molecule has 0 aromatic heterocycles. The Morgan fingerprint density at radius 1 is 0.826 bits per heavy atom. The molecule has 0 spiro atoms. The predicted octanol–water partition coefficient (Wildman–Crippen LogP) is 3.13. The van der Waals surface area contributed by atoms with Crippen LogP contribution in [0.3, 0.4) is 0 Å². The maximum atomic E-state index is 9.51. The highest BCUT2D eigenvalue weighted by Crippen LogP contribution is 2.32. The first kappa shape index (κ1) is 15.9. The number of aliphatic hydroxyl groups is 2. The van der Waals surface area contributed by atoms with Crippen molar-refractivity contribution in [2.45, 2.75) is 25.9 Å². The molecule has 0 aliphatic rings. The molecule has 3 N–H and O–H groups in total. The van der Waals surface area contributed by atoms with E-state index in [2.05, 4.69) is 60.8 Å². The van der Waals surface area contributed by atoms with E-state index in [1.165, 1.54) is 32.7 Å². The summed E-state index contributed by atoms with van der Waals surface area (Å²) >= 11 is 0. The Hall–Kier alpha value is -1.94. The Morgan fingerprint density at radius 2 is 1.26 bits per heavy atom. The van der Waals surface area contributed by atoms with Gasteiger partial charge in [-0.05, 0) is 46.5 Å². The fourth-order valence-corrected chi connectivity index (χ4v) is 3.09. The molecule has 3 heteroatoms. The molecular weight excluding hydrogens is 286 g/mol. The lowest BCUT2D eigenvalue weighted by Gasteiger charge is -2.27. The second-order valence-corrected chi connectivity index (χ2v) is 6.43. The van der Waals surface area contributed by atoms with Gasteiger partial charge in [0.2, 0.25) is 0 Å². The van der Waals surface area contributed by atoms with Gasteiger partial charge in [0.1, 0.15) is 0 Å². The van der Waals surface area contributed by atoms with E-state index in [1.807, 2.05) is 6.92 Å². The van der Waals surface area contributed by atoms with E-state index in [0.717, 1.165) is 0 Å². The number of nitrogens with one attached hydrogen (secondary N) is 1. The lowest BCUT2D eigenvalue weighted by molar-refractivity contribution is 0.103. The van der Waals surface area contributed by atoms with Gasteiger partial charge in [-0.1, -0.05) is 48.5 Å². The van der Waals surface area contributed by atoms with Crippen LogP contribution in [0.5, 0.6) is 0 Å². The topological polar surface area (TPSA) is 52.5 Å². The van der Waals surface area contributed by atoms with Gasteiger partial charge in [-0.2, -0.15) is 0 Å². The zero-order chi connectivity index (χ0) is 16.4. The van der Waals surface area contributed by atoms with Gasteiger partial charge in [0, 0.05) is 6.54 Å². The number of rotatable bonds is 5. The van der Waals surface area contributed by atoms with Crippen LogP contribution < -0.4 is 5.32 Å². The van der Waals surface area contributed by atoms with E-state index in [-0.39, 0.29) is 13.2 Å². The average molecular weight is 309 g/mol. The monoisotopic (exact) mass is 309 g/mol. The summed E-state index contributed by atoms with van der Waals surface area (Å²) in [5.74, 6) is 0. The van der Waals surface area contributed by atoms with Crippen LogP contribution in [0.2, 0.25) is 0 Å². The molecule has 0 radical (unpaired) electrons. The second-order valence-electron chi connectivity index (χ2n) is 6.43. The molecule has 0 aliphatic heterocycles. The predicted molar refractivity (Wildman–Crippen MR) is 95.6 cm³/mol. The van der Waals surface area contributed by atoms with Crippen molar-refractivity contribution in [1.82, 2.24) is 5.32 Å². The van der Waals surface area contributed by atoms with Crippen LogP contribution in [0, 0.1) is 6.92 Å². The minimum Gasteiger partial charge on any atom is -0.394 e. The van der Waals surface area contributed by atoms with E-state index in [0.29, 0.717) is 6.54 Å². The largest absolute Gasteiger partial charge is 0.394 e. The lowest BCUT2D eigenvalue weighted by atomic mass is 9.92. The maximum Gasteiger partial charge on any atom is 0.0633 e.